The number of halogens is 1. The Hall–Kier alpha value is -2.85. The smallest absolute Gasteiger partial charge is 0.331 e. The molecule has 3 aromatic rings. The molecule has 5 heteroatoms. The maximum Gasteiger partial charge on any atom is 0.331 e. The van der Waals surface area contributed by atoms with Crippen LogP contribution >= 0.6 is 11.6 Å². The van der Waals surface area contributed by atoms with Crippen molar-refractivity contribution in [2.45, 2.75) is 0 Å². The van der Waals surface area contributed by atoms with Crippen molar-refractivity contribution in [3.05, 3.63) is 77.0 Å². The molecule has 0 amide bonds. The lowest BCUT2D eigenvalue weighted by Gasteiger charge is -2.01. The molecule has 0 atom stereocenters. The summed E-state index contributed by atoms with van der Waals surface area (Å²) in [4.78, 5) is 26.9. The van der Waals surface area contributed by atoms with E-state index in [0.29, 0.717) is 10.6 Å². The minimum Gasteiger partial charge on any atom is -0.454 e. The second-order valence-corrected chi connectivity index (χ2v) is 5.60. The van der Waals surface area contributed by atoms with Crippen molar-refractivity contribution in [1.29, 1.82) is 0 Å². The Morgan fingerprint density at radius 1 is 1.08 bits per heavy atom. The van der Waals surface area contributed by atoms with Crippen LogP contribution in [-0.4, -0.2) is 23.3 Å². The first-order chi connectivity index (χ1) is 11.6. The Morgan fingerprint density at radius 3 is 2.62 bits per heavy atom. The fraction of sp³-hybridized carbons (Fsp3) is 0.0526. The van der Waals surface area contributed by atoms with Crippen LogP contribution in [0.5, 0.6) is 0 Å². The third-order valence-corrected chi connectivity index (χ3v) is 3.77. The fourth-order valence-corrected chi connectivity index (χ4v) is 2.43. The molecule has 0 aliphatic carbocycles. The molecule has 3 rings (SSSR count). The van der Waals surface area contributed by atoms with Crippen LogP contribution in [0.3, 0.4) is 0 Å². The van der Waals surface area contributed by atoms with E-state index in [9.17, 15) is 9.59 Å². The zero-order chi connectivity index (χ0) is 16.9. The van der Waals surface area contributed by atoms with Gasteiger partial charge in [-0.3, -0.25) is 4.79 Å². The molecule has 0 fully saturated rings. The SMILES string of the molecule is O=C(/C=C/c1ccc(Cl)cc1)OCC(=O)c1c[nH]c2ccccc12. The van der Waals surface area contributed by atoms with Gasteiger partial charge in [0.25, 0.3) is 0 Å². The van der Waals surface area contributed by atoms with Crippen LogP contribution in [0.1, 0.15) is 15.9 Å². The van der Waals surface area contributed by atoms with E-state index < -0.39 is 5.97 Å². The Labute approximate surface area is 143 Å². The standard InChI is InChI=1S/C19H14ClNO3/c20-14-8-5-13(6-9-14)7-10-19(23)24-12-18(22)16-11-21-17-4-2-1-3-15(16)17/h1-11,21H,12H2/b10-7+. The van der Waals surface area contributed by atoms with Gasteiger partial charge in [-0.2, -0.15) is 0 Å². The summed E-state index contributed by atoms with van der Waals surface area (Å²) < 4.78 is 5.01. The minimum atomic E-state index is -0.571. The molecule has 0 bridgehead atoms. The van der Waals surface area contributed by atoms with E-state index in [1.165, 1.54) is 6.08 Å². The number of para-hydroxylation sites is 1. The van der Waals surface area contributed by atoms with Gasteiger partial charge in [0.05, 0.1) is 0 Å². The summed E-state index contributed by atoms with van der Waals surface area (Å²) in [6.07, 6.45) is 4.52. The van der Waals surface area contributed by atoms with Gasteiger partial charge < -0.3 is 9.72 Å². The zero-order valence-electron chi connectivity index (χ0n) is 12.7. The average Bonchev–Trinajstić information content (AvgIpc) is 3.03. The summed E-state index contributed by atoms with van der Waals surface area (Å²) in [5.41, 5.74) is 2.20. The molecule has 0 spiro atoms. The van der Waals surface area contributed by atoms with E-state index in [2.05, 4.69) is 4.98 Å². The van der Waals surface area contributed by atoms with Crippen molar-refractivity contribution in [2.24, 2.45) is 0 Å². The summed E-state index contributed by atoms with van der Waals surface area (Å²) in [5, 5.41) is 1.44. The first kappa shape index (κ1) is 16.0. The number of carbonyl (C=O) groups is 2. The maximum atomic E-state index is 12.2. The first-order valence-electron chi connectivity index (χ1n) is 7.33. The minimum absolute atomic E-state index is 0.249. The van der Waals surface area contributed by atoms with Gasteiger partial charge in [0.2, 0.25) is 5.78 Å². The molecule has 1 heterocycles. The number of aromatic amines is 1. The molecule has 0 saturated heterocycles. The van der Waals surface area contributed by atoms with Gasteiger partial charge >= 0.3 is 5.97 Å². The highest BCUT2D eigenvalue weighted by Crippen LogP contribution is 2.18. The van der Waals surface area contributed by atoms with E-state index in [0.717, 1.165) is 16.5 Å². The summed E-state index contributed by atoms with van der Waals surface area (Å²) in [6, 6.07) is 14.5. The van der Waals surface area contributed by atoms with Crippen molar-refractivity contribution in [2.75, 3.05) is 6.61 Å². The topological polar surface area (TPSA) is 59.2 Å². The molecule has 4 nitrogen and oxygen atoms in total. The highest BCUT2D eigenvalue weighted by Gasteiger charge is 2.13. The maximum absolute atomic E-state index is 12.2. The summed E-state index contributed by atoms with van der Waals surface area (Å²) in [6.45, 7) is -0.300. The number of nitrogens with one attached hydrogen (secondary N) is 1. The number of hydrogen-bond donors (Lipinski definition) is 1. The Bertz CT molecular complexity index is 910. The van der Waals surface area contributed by atoms with Gasteiger partial charge in [-0.05, 0) is 29.8 Å². The van der Waals surface area contributed by atoms with Crippen molar-refractivity contribution >= 4 is 40.3 Å². The molecule has 2 aromatic carbocycles. The van der Waals surface area contributed by atoms with E-state index in [1.54, 1.807) is 36.5 Å². The average molecular weight is 340 g/mol. The molecular weight excluding hydrogens is 326 g/mol. The lowest BCUT2D eigenvalue weighted by molar-refractivity contribution is -0.136. The lowest BCUT2D eigenvalue weighted by atomic mass is 10.1. The van der Waals surface area contributed by atoms with Gasteiger partial charge in [-0.25, -0.2) is 4.79 Å². The van der Waals surface area contributed by atoms with E-state index in [1.807, 2.05) is 24.3 Å². The van der Waals surface area contributed by atoms with Gasteiger partial charge in [0, 0.05) is 33.8 Å². The van der Waals surface area contributed by atoms with E-state index in [-0.39, 0.29) is 12.4 Å². The quantitative estimate of drug-likeness (QED) is 0.429. The van der Waals surface area contributed by atoms with Crippen LogP contribution in [-0.2, 0) is 9.53 Å². The number of benzene rings is 2. The van der Waals surface area contributed by atoms with E-state index >= 15 is 0 Å². The number of rotatable bonds is 5. The molecule has 0 unspecified atom stereocenters. The predicted octanol–water partition coefficient (Wildman–Crippen LogP) is 4.26. The number of hydrogen-bond acceptors (Lipinski definition) is 3. The fourth-order valence-electron chi connectivity index (χ4n) is 2.30. The normalized spacial score (nSPS) is 11.0. The predicted molar refractivity (Wildman–Crippen MR) is 94.1 cm³/mol. The number of esters is 1. The number of fused-ring (bicyclic) bond motifs is 1. The number of Topliss-reactive ketones (excluding diaryl/α,β-unsaturated/α-hetero) is 1. The molecule has 0 radical (unpaired) electrons. The van der Waals surface area contributed by atoms with Gasteiger partial charge in [-0.1, -0.05) is 41.9 Å². The molecule has 120 valence electrons. The third-order valence-electron chi connectivity index (χ3n) is 3.52. The van der Waals surface area contributed by atoms with Crippen LogP contribution in [0.2, 0.25) is 5.02 Å². The van der Waals surface area contributed by atoms with Crippen LogP contribution in [0.25, 0.3) is 17.0 Å². The second kappa shape index (κ2) is 7.15. The molecule has 0 aliphatic heterocycles. The summed E-state index contributed by atoms with van der Waals surface area (Å²) in [7, 11) is 0. The van der Waals surface area contributed by atoms with Gasteiger partial charge in [-0.15, -0.1) is 0 Å². The zero-order valence-corrected chi connectivity index (χ0v) is 13.4. The van der Waals surface area contributed by atoms with Crippen LogP contribution in [0.4, 0.5) is 0 Å². The number of ether oxygens (including phenoxy) is 1. The third kappa shape index (κ3) is 3.73. The Kier molecular flexibility index (Phi) is 4.77. The Morgan fingerprint density at radius 2 is 1.83 bits per heavy atom. The largest absolute Gasteiger partial charge is 0.454 e. The number of H-pyrrole nitrogens is 1. The first-order valence-corrected chi connectivity index (χ1v) is 7.71. The molecule has 1 N–H and O–H groups in total. The van der Waals surface area contributed by atoms with Crippen molar-refractivity contribution in [3.8, 4) is 0 Å². The van der Waals surface area contributed by atoms with Crippen LogP contribution in [0, 0.1) is 0 Å². The van der Waals surface area contributed by atoms with Gasteiger partial charge in [0.1, 0.15) is 0 Å². The highest BCUT2D eigenvalue weighted by molar-refractivity contribution is 6.30. The number of aromatic nitrogens is 1. The lowest BCUT2D eigenvalue weighted by Crippen LogP contribution is -2.12. The summed E-state index contributed by atoms with van der Waals surface area (Å²) >= 11 is 5.79. The van der Waals surface area contributed by atoms with Crippen LogP contribution in [0.15, 0.2) is 60.8 Å². The number of carbonyl (C=O) groups excluding carboxylic acids is 2. The summed E-state index contributed by atoms with van der Waals surface area (Å²) in [5.74, 6) is -0.821. The molecule has 0 saturated carbocycles. The molecular formula is C19H14ClNO3. The van der Waals surface area contributed by atoms with Crippen molar-refractivity contribution < 1.29 is 14.3 Å². The molecule has 24 heavy (non-hydrogen) atoms. The monoisotopic (exact) mass is 339 g/mol. The molecule has 1 aromatic heterocycles. The number of ketones is 1. The highest BCUT2D eigenvalue weighted by atomic mass is 35.5. The van der Waals surface area contributed by atoms with Crippen molar-refractivity contribution in [1.82, 2.24) is 4.98 Å². The van der Waals surface area contributed by atoms with Crippen molar-refractivity contribution in [3.63, 3.8) is 0 Å². The van der Waals surface area contributed by atoms with Gasteiger partial charge in [0.15, 0.2) is 6.61 Å². The molecule has 0 aliphatic rings. The second-order valence-electron chi connectivity index (χ2n) is 5.16. The van der Waals surface area contributed by atoms with E-state index in [4.69, 9.17) is 16.3 Å². The van der Waals surface area contributed by atoms with Crippen LogP contribution < -0.4 is 0 Å². The Balaban J connectivity index is 1.59.